The molecule has 0 aromatic rings. The first-order valence-corrected chi connectivity index (χ1v) is 13.3. The molecular formula is C27H45NO5. The maximum atomic E-state index is 12.4. The van der Waals surface area contributed by atoms with E-state index in [1.165, 1.54) is 6.42 Å². The lowest BCUT2D eigenvalue weighted by atomic mass is 9.43. The molecule has 6 heteroatoms. The maximum Gasteiger partial charge on any atom is 0.322 e. The molecule has 6 nitrogen and oxygen atoms in total. The number of carboxylic acids is 1. The number of aliphatic hydroxyl groups is 2. The summed E-state index contributed by atoms with van der Waals surface area (Å²) in [6, 6.07) is 0. The average Bonchev–Trinajstić information content (AvgIpc) is 3.10. The van der Waals surface area contributed by atoms with Crippen molar-refractivity contribution in [2.24, 2.45) is 52.3 Å². The van der Waals surface area contributed by atoms with E-state index in [1.54, 1.807) is 0 Å². The van der Waals surface area contributed by atoms with E-state index in [2.05, 4.69) is 26.1 Å². The average molecular weight is 464 g/mol. The molecule has 0 spiro atoms. The first-order chi connectivity index (χ1) is 15.5. The molecule has 0 bridgehead atoms. The van der Waals surface area contributed by atoms with E-state index in [1.807, 2.05) is 6.92 Å². The van der Waals surface area contributed by atoms with Crippen LogP contribution < -0.4 is 5.32 Å². The molecule has 1 amide bonds. The lowest BCUT2D eigenvalue weighted by Gasteiger charge is -2.62. The zero-order valence-corrected chi connectivity index (χ0v) is 20.9. The van der Waals surface area contributed by atoms with Gasteiger partial charge in [0.25, 0.3) is 0 Å². The molecule has 188 valence electrons. The summed E-state index contributed by atoms with van der Waals surface area (Å²) in [5, 5.41) is 33.0. The molecule has 4 aliphatic carbocycles. The number of rotatable bonds is 6. The molecular weight excluding hydrogens is 418 g/mol. The Balaban J connectivity index is 1.46. The molecule has 4 unspecified atom stereocenters. The van der Waals surface area contributed by atoms with Crippen molar-refractivity contribution in [1.29, 1.82) is 0 Å². The third-order valence-electron chi connectivity index (χ3n) is 11.0. The van der Waals surface area contributed by atoms with Crippen LogP contribution in [0.25, 0.3) is 0 Å². The van der Waals surface area contributed by atoms with Crippen LogP contribution in [-0.2, 0) is 9.59 Å². The first-order valence-electron chi connectivity index (χ1n) is 13.3. The van der Waals surface area contributed by atoms with Gasteiger partial charge in [-0.25, -0.2) is 0 Å². The number of carbonyl (C=O) groups excluding carboxylic acids is 1. The normalized spacial score (nSPS) is 46.4. The predicted molar refractivity (Wildman–Crippen MR) is 126 cm³/mol. The highest BCUT2D eigenvalue weighted by Crippen LogP contribution is 2.68. The monoisotopic (exact) mass is 463 g/mol. The predicted octanol–water partition coefficient (Wildman–Crippen LogP) is 3.84. The van der Waals surface area contributed by atoms with Crippen molar-refractivity contribution in [2.75, 3.05) is 6.54 Å². The number of nitrogens with one attached hydrogen (secondary N) is 1. The number of amides is 1. The van der Waals surface area contributed by atoms with E-state index in [0.717, 1.165) is 51.4 Å². The van der Waals surface area contributed by atoms with E-state index < -0.39 is 5.97 Å². The van der Waals surface area contributed by atoms with Crippen LogP contribution in [0.3, 0.4) is 0 Å². The molecule has 4 fully saturated rings. The zero-order valence-electron chi connectivity index (χ0n) is 20.9. The maximum absolute atomic E-state index is 12.4. The van der Waals surface area contributed by atoms with E-state index >= 15 is 0 Å². The third kappa shape index (κ3) is 4.35. The van der Waals surface area contributed by atoms with Crippen molar-refractivity contribution < 1.29 is 24.9 Å². The van der Waals surface area contributed by atoms with Gasteiger partial charge in [-0.05, 0) is 104 Å². The Bertz CT molecular complexity index is 757. The Morgan fingerprint density at radius 2 is 1.64 bits per heavy atom. The van der Waals surface area contributed by atoms with Crippen LogP contribution in [0.4, 0.5) is 0 Å². The lowest BCUT2D eigenvalue weighted by Crippen LogP contribution is -2.58. The van der Waals surface area contributed by atoms with E-state index in [9.17, 15) is 19.8 Å². The molecule has 11 atom stereocenters. The standard InChI is InChI=1S/C27H45NO5/c1-15(11-16(2)25(33)28-14-23(31)32)19-5-6-20-24-21(8-10-27(19,20)4)26(3)9-7-18(29)12-17(26)13-22(24)30/h15-22,24,29-30H,5-14H2,1-4H3,(H,28,33)(H,31,32)/t15-,16-,17?,18-,19-,20?,21?,22-,24?,26+,27-/m1/s1. The number of hydrogen-bond acceptors (Lipinski definition) is 4. The fraction of sp³-hybridized carbons (Fsp3) is 0.926. The quantitative estimate of drug-likeness (QED) is 0.479. The van der Waals surface area contributed by atoms with Crippen molar-refractivity contribution in [1.82, 2.24) is 5.32 Å². The third-order valence-corrected chi connectivity index (χ3v) is 11.0. The Labute approximate surface area is 198 Å². The minimum atomic E-state index is -1.01. The van der Waals surface area contributed by atoms with E-state index in [4.69, 9.17) is 5.11 Å². The Morgan fingerprint density at radius 3 is 2.33 bits per heavy atom. The highest BCUT2D eigenvalue weighted by atomic mass is 16.4. The van der Waals surface area contributed by atoms with Crippen LogP contribution in [0.2, 0.25) is 0 Å². The number of hydrogen-bond donors (Lipinski definition) is 4. The molecule has 0 saturated heterocycles. The molecule has 0 radical (unpaired) electrons. The summed E-state index contributed by atoms with van der Waals surface area (Å²) in [6.07, 6.45) is 8.63. The second-order valence-corrected chi connectivity index (χ2v) is 12.7. The molecule has 33 heavy (non-hydrogen) atoms. The first kappa shape index (κ1) is 25.0. The van der Waals surface area contributed by atoms with Gasteiger partial charge in [0.1, 0.15) is 6.54 Å². The fourth-order valence-electron chi connectivity index (χ4n) is 9.34. The summed E-state index contributed by atoms with van der Waals surface area (Å²) in [5.41, 5.74) is 0.432. The number of fused-ring (bicyclic) bond motifs is 5. The van der Waals surface area contributed by atoms with Crippen LogP contribution in [0.1, 0.15) is 85.5 Å². The smallest absolute Gasteiger partial charge is 0.322 e. The highest BCUT2D eigenvalue weighted by Gasteiger charge is 2.62. The second-order valence-electron chi connectivity index (χ2n) is 12.7. The van der Waals surface area contributed by atoms with E-state index in [0.29, 0.717) is 35.5 Å². The molecule has 4 saturated carbocycles. The largest absolute Gasteiger partial charge is 0.480 e. The van der Waals surface area contributed by atoms with Gasteiger partial charge in [-0.1, -0.05) is 27.7 Å². The fourth-order valence-corrected chi connectivity index (χ4v) is 9.34. The van der Waals surface area contributed by atoms with Crippen molar-refractivity contribution in [3.05, 3.63) is 0 Å². The van der Waals surface area contributed by atoms with Crippen LogP contribution in [0.15, 0.2) is 0 Å². The zero-order chi connectivity index (χ0) is 24.1. The molecule has 4 N–H and O–H groups in total. The molecule has 0 aromatic carbocycles. The van der Waals surface area contributed by atoms with Crippen LogP contribution in [0, 0.1) is 52.3 Å². The minimum absolute atomic E-state index is 0.172. The molecule has 0 aliphatic heterocycles. The lowest BCUT2D eigenvalue weighted by molar-refractivity contribution is -0.174. The Kier molecular flexibility index (Phi) is 6.92. The van der Waals surface area contributed by atoms with Crippen LogP contribution >= 0.6 is 0 Å². The summed E-state index contributed by atoms with van der Waals surface area (Å²) in [5.74, 6) is 1.39. The van der Waals surface area contributed by atoms with Crippen molar-refractivity contribution >= 4 is 11.9 Å². The SMILES string of the molecule is C[C@H](C[C@@H](C)[C@H]1CCC2C3C(CC[C@@]21C)[C@@]1(C)CC[C@@H](O)CC1C[C@H]3O)C(=O)NCC(=O)O. The molecule has 0 heterocycles. The number of carboxylic acid groups (broad SMARTS) is 1. The van der Waals surface area contributed by atoms with E-state index in [-0.39, 0.29) is 41.4 Å². The highest BCUT2D eigenvalue weighted by molar-refractivity contribution is 5.82. The van der Waals surface area contributed by atoms with Crippen LogP contribution in [-0.4, -0.2) is 45.9 Å². The number of aliphatic hydroxyl groups excluding tert-OH is 2. The summed E-state index contributed by atoms with van der Waals surface area (Å²) < 4.78 is 0. The molecule has 0 aromatic heterocycles. The minimum Gasteiger partial charge on any atom is -0.480 e. The Hall–Kier alpha value is -1.14. The van der Waals surface area contributed by atoms with Gasteiger partial charge in [-0.2, -0.15) is 0 Å². The van der Waals surface area contributed by atoms with Gasteiger partial charge in [0.05, 0.1) is 12.2 Å². The second kappa shape index (κ2) is 9.14. The number of carbonyl (C=O) groups is 2. The van der Waals surface area contributed by atoms with Crippen molar-refractivity contribution in [2.45, 2.75) is 97.7 Å². The van der Waals surface area contributed by atoms with Crippen molar-refractivity contribution in [3.8, 4) is 0 Å². The summed E-state index contributed by atoms with van der Waals surface area (Å²) in [4.78, 5) is 23.1. The summed E-state index contributed by atoms with van der Waals surface area (Å²) in [7, 11) is 0. The van der Waals surface area contributed by atoms with Crippen LogP contribution in [0.5, 0.6) is 0 Å². The van der Waals surface area contributed by atoms with Gasteiger partial charge < -0.3 is 20.6 Å². The van der Waals surface area contributed by atoms with Gasteiger partial charge in [0, 0.05) is 5.92 Å². The van der Waals surface area contributed by atoms with Gasteiger partial charge in [-0.15, -0.1) is 0 Å². The van der Waals surface area contributed by atoms with Crippen molar-refractivity contribution in [3.63, 3.8) is 0 Å². The Morgan fingerprint density at radius 1 is 0.970 bits per heavy atom. The number of aliphatic carboxylic acids is 1. The summed E-state index contributed by atoms with van der Waals surface area (Å²) in [6.45, 7) is 8.75. The molecule has 4 aliphatic rings. The van der Waals surface area contributed by atoms with Gasteiger partial charge >= 0.3 is 5.97 Å². The topological polar surface area (TPSA) is 107 Å². The van der Waals surface area contributed by atoms with Gasteiger partial charge in [0.15, 0.2) is 0 Å². The van der Waals surface area contributed by atoms with Gasteiger partial charge in [-0.3, -0.25) is 9.59 Å². The summed E-state index contributed by atoms with van der Waals surface area (Å²) >= 11 is 0. The van der Waals surface area contributed by atoms with Gasteiger partial charge in [0.2, 0.25) is 5.91 Å². The molecule has 4 rings (SSSR count).